The zero-order chi connectivity index (χ0) is 12.7. The van der Waals surface area contributed by atoms with Gasteiger partial charge < -0.3 is 20.1 Å². The number of carbonyl (C=O) groups is 1. The molecule has 1 heterocycles. The van der Waals surface area contributed by atoms with E-state index in [1.165, 1.54) is 6.42 Å². The Labute approximate surface area is 103 Å². The van der Waals surface area contributed by atoms with Crippen LogP contribution in [0.5, 0.6) is 0 Å². The van der Waals surface area contributed by atoms with Crippen LogP contribution in [0.2, 0.25) is 0 Å². The molecule has 5 heteroatoms. The van der Waals surface area contributed by atoms with E-state index in [4.69, 9.17) is 9.84 Å². The predicted octanol–water partition coefficient (Wildman–Crippen LogP) is 0.550. The summed E-state index contributed by atoms with van der Waals surface area (Å²) in [5.74, 6) is -0.835. The van der Waals surface area contributed by atoms with Gasteiger partial charge >= 0.3 is 5.97 Å². The number of nitrogens with zero attached hydrogens (tertiary/aromatic N) is 1. The first-order valence-corrected chi connectivity index (χ1v) is 6.33. The molecule has 1 rings (SSSR count). The second-order valence-corrected chi connectivity index (χ2v) is 4.88. The van der Waals surface area contributed by atoms with Crippen molar-refractivity contribution >= 4 is 5.97 Å². The van der Waals surface area contributed by atoms with Gasteiger partial charge in [-0.3, -0.25) is 0 Å². The lowest BCUT2D eigenvalue weighted by atomic mass is 10.2. The van der Waals surface area contributed by atoms with Gasteiger partial charge in [-0.2, -0.15) is 0 Å². The summed E-state index contributed by atoms with van der Waals surface area (Å²) < 4.78 is 5.40. The molecule has 1 saturated heterocycles. The molecule has 17 heavy (non-hydrogen) atoms. The van der Waals surface area contributed by atoms with E-state index in [9.17, 15) is 4.79 Å². The standard InChI is InChI=1S/C12H24N2O3/c1-14(2)8-4-3-7-13-9-10-5-6-11(17-10)12(15)16/h10-11,13H,3-9H2,1-2H3,(H,15,16). The van der Waals surface area contributed by atoms with Gasteiger partial charge in [-0.15, -0.1) is 0 Å². The van der Waals surface area contributed by atoms with E-state index in [0.29, 0.717) is 6.42 Å². The number of nitrogens with one attached hydrogen (secondary N) is 1. The molecule has 0 amide bonds. The third kappa shape index (κ3) is 6.00. The molecule has 1 fully saturated rings. The number of hydrogen-bond donors (Lipinski definition) is 2. The number of ether oxygens (including phenoxy) is 1. The van der Waals surface area contributed by atoms with Crippen molar-refractivity contribution in [3.8, 4) is 0 Å². The molecule has 0 aromatic carbocycles. The van der Waals surface area contributed by atoms with Crippen molar-refractivity contribution in [3.05, 3.63) is 0 Å². The van der Waals surface area contributed by atoms with Gasteiger partial charge in [0.25, 0.3) is 0 Å². The molecule has 2 atom stereocenters. The zero-order valence-electron chi connectivity index (χ0n) is 10.8. The Hall–Kier alpha value is -0.650. The molecule has 5 nitrogen and oxygen atoms in total. The summed E-state index contributed by atoms with van der Waals surface area (Å²) in [4.78, 5) is 12.9. The van der Waals surface area contributed by atoms with Crippen LogP contribution in [-0.2, 0) is 9.53 Å². The van der Waals surface area contributed by atoms with Crippen LogP contribution in [-0.4, -0.2) is 61.9 Å². The molecule has 0 aliphatic carbocycles. The number of carboxylic acid groups (broad SMARTS) is 1. The van der Waals surface area contributed by atoms with Crippen molar-refractivity contribution in [2.24, 2.45) is 0 Å². The minimum atomic E-state index is -0.835. The monoisotopic (exact) mass is 244 g/mol. The highest BCUT2D eigenvalue weighted by molar-refractivity contribution is 5.72. The van der Waals surface area contributed by atoms with Crippen molar-refractivity contribution < 1.29 is 14.6 Å². The zero-order valence-corrected chi connectivity index (χ0v) is 10.8. The number of carboxylic acids is 1. The Morgan fingerprint density at radius 2 is 2.18 bits per heavy atom. The normalized spacial score (nSPS) is 24.4. The van der Waals surface area contributed by atoms with Gasteiger partial charge in [0.1, 0.15) is 0 Å². The van der Waals surface area contributed by atoms with E-state index in [2.05, 4.69) is 24.3 Å². The molecule has 2 unspecified atom stereocenters. The first kappa shape index (κ1) is 14.4. The van der Waals surface area contributed by atoms with Gasteiger partial charge in [-0.1, -0.05) is 0 Å². The maximum atomic E-state index is 10.7. The topological polar surface area (TPSA) is 61.8 Å². The Kier molecular flexibility index (Phi) is 6.47. The summed E-state index contributed by atoms with van der Waals surface area (Å²) in [5.41, 5.74) is 0. The Bertz CT molecular complexity index is 234. The van der Waals surface area contributed by atoms with Gasteiger partial charge in [0.2, 0.25) is 0 Å². The summed E-state index contributed by atoms with van der Waals surface area (Å²) in [6.07, 6.45) is 3.31. The molecule has 0 aromatic heterocycles. The highest BCUT2D eigenvalue weighted by Crippen LogP contribution is 2.19. The number of unbranched alkanes of at least 4 members (excludes halogenated alkanes) is 1. The van der Waals surface area contributed by atoms with Gasteiger partial charge in [-0.25, -0.2) is 4.79 Å². The largest absolute Gasteiger partial charge is 0.479 e. The second kappa shape index (κ2) is 7.63. The van der Waals surface area contributed by atoms with E-state index in [1.807, 2.05) is 0 Å². The van der Waals surface area contributed by atoms with Crippen molar-refractivity contribution in [2.75, 3.05) is 33.7 Å². The van der Waals surface area contributed by atoms with Crippen LogP contribution in [0.4, 0.5) is 0 Å². The summed E-state index contributed by atoms with van der Waals surface area (Å²) in [6, 6.07) is 0. The van der Waals surface area contributed by atoms with Crippen LogP contribution in [0.25, 0.3) is 0 Å². The second-order valence-electron chi connectivity index (χ2n) is 4.88. The van der Waals surface area contributed by atoms with Crippen LogP contribution in [0.3, 0.4) is 0 Å². The number of hydrogen-bond acceptors (Lipinski definition) is 4. The average Bonchev–Trinajstić information content (AvgIpc) is 2.71. The molecule has 100 valence electrons. The molecular formula is C12H24N2O3. The summed E-state index contributed by atoms with van der Waals surface area (Å²) >= 11 is 0. The maximum Gasteiger partial charge on any atom is 0.332 e. The lowest BCUT2D eigenvalue weighted by molar-refractivity contribution is -0.149. The van der Waals surface area contributed by atoms with Crippen LogP contribution in [0, 0.1) is 0 Å². The first-order chi connectivity index (χ1) is 8.09. The van der Waals surface area contributed by atoms with Crippen molar-refractivity contribution in [3.63, 3.8) is 0 Å². The molecule has 0 aromatic rings. The predicted molar refractivity (Wildman–Crippen MR) is 66.2 cm³/mol. The van der Waals surface area contributed by atoms with Gasteiger partial charge in [0.15, 0.2) is 6.10 Å². The van der Waals surface area contributed by atoms with Gasteiger partial charge in [0, 0.05) is 6.54 Å². The van der Waals surface area contributed by atoms with Crippen LogP contribution in [0.15, 0.2) is 0 Å². The minimum Gasteiger partial charge on any atom is -0.479 e. The van der Waals surface area contributed by atoms with E-state index in [-0.39, 0.29) is 6.10 Å². The highest BCUT2D eigenvalue weighted by Gasteiger charge is 2.29. The quantitative estimate of drug-likeness (QED) is 0.611. The van der Waals surface area contributed by atoms with E-state index >= 15 is 0 Å². The molecule has 1 aliphatic rings. The molecule has 0 radical (unpaired) electrons. The molecule has 1 aliphatic heterocycles. The molecule has 0 bridgehead atoms. The maximum absolute atomic E-state index is 10.7. The third-order valence-corrected chi connectivity index (χ3v) is 2.96. The molecule has 2 N–H and O–H groups in total. The van der Waals surface area contributed by atoms with E-state index < -0.39 is 12.1 Å². The summed E-state index contributed by atoms with van der Waals surface area (Å²) in [7, 11) is 4.15. The van der Waals surface area contributed by atoms with Crippen molar-refractivity contribution in [1.29, 1.82) is 0 Å². The summed E-state index contributed by atoms with van der Waals surface area (Å²) in [6.45, 7) is 2.86. The minimum absolute atomic E-state index is 0.0740. The van der Waals surface area contributed by atoms with Gasteiger partial charge in [-0.05, 0) is 52.9 Å². The Morgan fingerprint density at radius 3 is 2.76 bits per heavy atom. The highest BCUT2D eigenvalue weighted by atomic mass is 16.5. The first-order valence-electron chi connectivity index (χ1n) is 6.33. The molecular weight excluding hydrogens is 220 g/mol. The van der Waals surface area contributed by atoms with E-state index in [1.54, 1.807) is 0 Å². The number of aliphatic carboxylic acids is 1. The van der Waals surface area contributed by atoms with Crippen LogP contribution < -0.4 is 5.32 Å². The SMILES string of the molecule is CN(C)CCCCNCC1CCC(C(=O)O)O1. The van der Waals surface area contributed by atoms with Crippen LogP contribution in [0.1, 0.15) is 25.7 Å². The fourth-order valence-corrected chi connectivity index (χ4v) is 1.98. The molecule has 0 spiro atoms. The van der Waals surface area contributed by atoms with Crippen molar-refractivity contribution in [1.82, 2.24) is 10.2 Å². The summed E-state index contributed by atoms with van der Waals surface area (Å²) in [5, 5.41) is 12.1. The Morgan fingerprint density at radius 1 is 1.41 bits per heavy atom. The fourth-order valence-electron chi connectivity index (χ4n) is 1.98. The lowest BCUT2D eigenvalue weighted by Gasteiger charge is -2.13. The average molecular weight is 244 g/mol. The Balaban J connectivity index is 1.95. The van der Waals surface area contributed by atoms with Gasteiger partial charge in [0.05, 0.1) is 6.10 Å². The van der Waals surface area contributed by atoms with Crippen molar-refractivity contribution in [2.45, 2.75) is 37.9 Å². The molecule has 0 saturated carbocycles. The number of rotatable bonds is 8. The third-order valence-electron chi connectivity index (χ3n) is 2.96. The lowest BCUT2D eigenvalue weighted by Crippen LogP contribution is -2.29. The van der Waals surface area contributed by atoms with E-state index in [0.717, 1.165) is 32.5 Å². The van der Waals surface area contributed by atoms with Crippen LogP contribution >= 0.6 is 0 Å². The fraction of sp³-hybridized carbons (Fsp3) is 0.917. The smallest absolute Gasteiger partial charge is 0.332 e.